The van der Waals surface area contributed by atoms with Gasteiger partial charge in [0.1, 0.15) is 0 Å². The van der Waals surface area contributed by atoms with Crippen LogP contribution in [0.3, 0.4) is 0 Å². The molecule has 21 heavy (non-hydrogen) atoms. The minimum Gasteiger partial charge on any atom is -0.478 e. The van der Waals surface area contributed by atoms with Gasteiger partial charge < -0.3 is 5.11 Å². The molecule has 0 amide bonds. The van der Waals surface area contributed by atoms with Crippen LogP contribution in [0.15, 0.2) is 39.0 Å². The van der Waals surface area contributed by atoms with E-state index in [0.29, 0.717) is 16.9 Å². The van der Waals surface area contributed by atoms with E-state index in [9.17, 15) is 18.3 Å². The first kappa shape index (κ1) is 16.2. The summed E-state index contributed by atoms with van der Waals surface area (Å²) in [7, 11) is -3.57. The predicted molar refractivity (Wildman–Crippen MR) is 85.7 cm³/mol. The standard InChI is InChI=1S/C14H13BrO4S2/c1-2-9-3-4-10(7-11(9)14(16)17)21(18,19)8-13-12(15)5-6-20-13/h3-7H,2,8H2,1H3,(H,16,17). The fourth-order valence-corrected chi connectivity index (χ4v) is 5.38. The Kier molecular flexibility index (Phi) is 4.85. The number of thiophene rings is 1. The van der Waals surface area contributed by atoms with Gasteiger partial charge in [-0.1, -0.05) is 13.0 Å². The summed E-state index contributed by atoms with van der Waals surface area (Å²) in [6, 6.07) is 6.08. The molecular formula is C14H13BrO4S2. The second-order valence-electron chi connectivity index (χ2n) is 4.43. The molecule has 0 aliphatic heterocycles. The van der Waals surface area contributed by atoms with Crippen molar-refractivity contribution < 1.29 is 18.3 Å². The van der Waals surface area contributed by atoms with Crippen LogP contribution in [0.25, 0.3) is 0 Å². The SMILES string of the molecule is CCc1ccc(S(=O)(=O)Cc2sccc2Br)cc1C(=O)O. The highest BCUT2D eigenvalue weighted by atomic mass is 79.9. The fraction of sp³-hybridized carbons (Fsp3) is 0.214. The number of aromatic carboxylic acids is 1. The van der Waals surface area contributed by atoms with Gasteiger partial charge in [-0.05, 0) is 51.5 Å². The van der Waals surface area contributed by atoms with Crippen LogP contribution in [0.1, 0.15) is 27.7 Å². The molecule has 7 heteroatoms. The fourth-order valence-electron chi connectivity index (χ4n) is 1.94. The van der Waals surface area contributed by atoms with Crippen LogP contribution in [0.5, 0.6) is 0 Å². The van der Waals surface area contributed by atoms with Crippen molar-refractivity contribution in [2.45, 2.75) is 24.0 Å². The van der Waals surface area contributed by atoms with E-state index in [4.69, 9.17) is 0 Å². The number of carboxylic acid groups (broad SMARTS) is 1. The van der Waals surface area contributed by atoms with Gasteiger partial charge in [0, 0.05) is 9.35 Å². The van der Waals surface area contributed by atoms with E-state index in [1.807, 2.05) is 6.92 Å². The first-order valence-corrected chi connectivity index (χ1v) is 9.48. The zero-order valence-corrected chi connectivity index (χ0v) is 14.4. The monoisotopic (exact) mass is 388 g/mol. The van der Waals surface area contributed by atoms with Crippen molar-refractivity contribution in [1.29, 1.82) is 0 Å². The summed E-state index contributed by atoms with van der Waals surface area (Å²) in [6.45, 7) is 1.83. The number of rotatable bonds is 5. The normalized spacial score (nSPS) is 11.5. The largest absolute Gasteiger partial charge is 0.478 e. The summed E-state index contributed by atoms with van der Waals surface area (Å²) in [5, 5.41) is 11.0. The molecule has 0 aliphatic carbocycles. The third-order valence-electron chi connectivity index (χ3n) is 3.06. The van der Waals surface area contributed by atoms with Gasteiger partial charge in [0.05, 0.1) is 16.2 Å². The van der Waals surface area contributed by atoms with E-state index in [2.05, 4.69) is 15.9 Å². The van der Waals surface area contributed by atoms with Gasteiger partial charge in [-0.2, -0.15) is 0 Å². The lowest BCUT2D eigenvalue weighted by molar-refractivity contribution is 0.0695. The maximum Gasteiger partial charge on any atom is 0.336 e. The van der Waals surface area contributed by atoms with Gasteiger partial charge >= 0.3 is 5.97 Å². The number of benzene rings is 1. The van der Waals surface area contributed by atoms with Crippen LogP contribution < -0.4 is 0 Å². The Labute approximate surface area is 135 Å². The molecule has 1 N–H and O–H groups in total. The molecule has 0 saturated heterocycles. The van der Waals surface area contributed by atoms with Gasteiger partial charge in [0.25, 0.3) is 0 Å². The third kappa shape index (κ3) is 3.53. The maximum absolute atomic E-state index is 12.4. The number of hydrogen-bond acceptors (Lipinski definition) is 4. The van der Waals surface area contributed by atoms with Crippen LogP contribution in [-0.4, -0.2) is 19.5 Å². The Morgan fingerprint density at radius 2 is 2.05 bits per heavy atom. The predicted octanol–water partition coefficient (Wildman–Crippen LogP) is 3.75. The number of carboxylic acids is 1. The van der Waals surface area contributed by atoms with Gasteiger partial charge in [-0.15, -0.1) is 11.3 Å². The molecule has 112 valence electrons. The lowest BCUT2D eigenvalue weighted by Crippen LogP contribution is -2.08. The summed E-state index contributed by atoms with van der Waals surface area (Å²) in [5.74, 6) is -1.25. The third-order valence-corrected chi connectivity index (χ3v) is 6.81. The van der Waals surface area contributed by atoms with Crippen molar-refractivity contribution in [3.63, 3.8) is 0 Å². The van der Waals surface area contributed by atoms with Crippen molar-refractivity contribution in [2.75, 3.05) is 0 Å². The molecule has 0 unspecified atom stereocenters. The molecule has 0 aliphatic rings. The molecule has 2 aromatic rings. The number of hydrogen-bond donors (Lipinski definition) is 1. The first-order valence-electron chi connectivity index (χ1n) is 6.16. The number of sulfone groups is 1. The molecule has 1 aromatic carbocycles. The molecule has 2 rings (SSSR count). The Hall–Kier alpha value is -1.18. The molecule has 0 radical (unpaired) electrons. The quantitative estimate of drug-likeness (QED) is 0.846. The Balaban J connectivity index is 2.43. The van der Waals surface area contributed by atoms with E-state index in [-0.39, 0.29) is 16.2 Å². The Bertz CT molecular complexity index is 778. The topological polar surface area (TPSA) is 71.4 Å². The zero-order valence-electron chi connectivity index (χ0n) is 11.2. The van der Waals surface area contributed by atoms with Crippen LogP contribution in [0.2, 0.25) is 0 Å². The lowest BCUT2D eigenvalue weighted by Gasteiger charge is -2.08. The molecule has 1 aromatic heterocycles. The highest BCUT2D eigenvalue weighted by Gasteiger charge is 2.20. The van der Waals surface area contributed by atoms with E-state index in [1.54, 1.807) is 17.5 Å². The van der Waals surface area contributed by atoms with Crippen LogP contribution >= 0.6 is 27.3 Å². The lowest BCUT2D eigenvalue weighted by atomic mass is 10.1. The van der Waals surface area contributed by atoms with Gasteiger partial charge in [0.2, 0.25) is 0 Å². The van der Waals surface area contributed by atoms with E-state index in [0.717, 1.165) is 4.47 Å². The highest BCUT2D eigenvalue weighted by Crippen LogP contribution is 2.28. The molecule has 4 nitrogen and oxygen atoms in total. The van der Waals surface area contributed by atoms with Crippen LogP contribution in [-0.2, 0) is 22.0 Å². The summed E-state index contributed by atoms with van der Waals surface area (Å²) in [6.07, 6.45) is 0.540. The highest BCUT2D eigenvalue weighted by molar-refractivity contribution is 9.10. The minimum atomic E-state index is -3.57. The first-order chi connectivity index (χ1) is 9.85. The average molecular weight is 389 g/mol. The minimum absolute atomic E-state index is 0.0393. The van der Waals surface area contributed by atoms with E-state index in [1.165, 1.54) is 23.5 Å². The second kappa shape index (κ2) is 6.29. The number of carbonyl (C=O) groups is 1. The summed E-state index contributed by atoms with van der Waals surface area (Å²) in [4.78, 5) is 12.0. The summed E-state index contributed by atoms with van der Waals surface area (Å²) < 4.78 is 25.6. The van der Waals surface area contributed by atoms with Crippen molar-refractivity contribution >= 4 is 43.1 Å². The van der Waals surface area contributed by atoms with Gasteiger partial charge in [-0.3, -0.25) is 0 Å². The average Bonchev–Trinajstić information content (AvgIpc) is 2.82. The molecule has 0 bridgehead atoms. The Morgan fingerprint density at radius 1 is 1.33 bits per heavy atom. The zero-order chi connectivity index (χ0) is 15.6. The number of aryl methyl sites for hydroxylation is 1. The van der Waals surface area contributed by atoms with Gasteiger partial charge in [-0.25, -0.2) is 13.2 Å². The van der Waals surface area contributed by atoms with Crippen molar-refractivity contribution in [3.8, 4) is 0 Å². The smallest absolute Gasteiger partial charge is 0.336 e. The molecule has 1 heterocycles. The van der Waals surface area contributed by atoms with Crippen molar-refractivity contribution in [1.82, 2.24) is 0 Å². The number of halogens is 1. The molecule has 0 fully saturated rings. The van der Waals surface area contributed by atoms with Crippen LogP contribution in [0.4, 0.5) is 0 Å². The van der Waals surface area contributed by atoms with Crippen molar-refractivity contribution in [2.24, 2.45) is 0 Å². The summed E-state index contributed by atoms with van der Waals surface area (Å²) in [5.41, 5.74) is 0.669. The summed E-state index contributed by atoms with van der Waals surface area (Å²) >= 11 is 4.65. The molecular weight excluding hydrogens is 376 g/mol. The molecule has 0 spiro atoms. The van der Waals surface area contributed by atoms with Crippen molar-refractivity contribution in [3.05, 3.63) is 50.1 Å². The van der Waals surface area contributed by atoms with E-state index < -0.39 is 15.8 Å². The molecule has 0 saturated carbocycles. The van der Waals surface area contributed by atoms with Crippen LogP contribution in [0, 0.1) is 0 Å². The molecule has 0 atom stereocenters. The Morgan fingerprint density at radius 3 is 2.57 bits per heavy atom. The maximum atomic E-state index is 12.4. The van der Waals surface area contributed by atoms with Gasteiger partial charge in [0.15, 0.2) is 9.84 Å². The van der Waals surface area contributed by atoms with E-state index >= 15 is 0 Å². The second-order valence-corrected chi connectivity index (χ2v) is 8.27.